The van der Waals surface area contributed by atoms with Gasteiger partial charge < -0.3 is 24.8 Å². The number of benzene rings is 3. The number of carbonyl (C=O) groups is 2. The molecule has 0 unspecified atom stereocenters. The highest BCUT2D eigenvalue weighted by Gasteiger charge is 2.35. The van der Waals surface area contributed by atoms with Crippen LogP contribution in [0.25, 0.3) is 5.70 Å². The van der Waals surface area contributed by atoms with Crippen molar-refractivity contribution in [2.45, 2.75) is 26.5 Å². The summed E-state index contributed by atoms with van der Waals surface area (Å²) in [5.74, 6) is 0.180. The van der Waals surface area contributed by atoms with Crippen molar-refractivity contribution in [3.63, 3.8) is 0 Å². The summed E-state index contributed by atoms with van der Waals surface area (Å²) in [6, 6.07) is 18.5. The highest BCUT2D eigenvalue weighted by atomic mass is 35.5. The predicted molar refractivity (Wildman–Crippen MR) is 143 cm³/mol. The summed E-state index contributed by atoms with van der Waals surface area (Å²) in [4.78, 5) is 25.8. The van der Waals surface area contributed by atoms with E-state index < -0.39 is 18.0 Å². The Morgan fingerprint density at radius 3 is 2.35 bits per heavy atom. The zero-order valence-corrected chi connectivity index (χ0v) is 21.9. The van der Waals surface area contributed by atoms with Crippen molar-refractivity contribution >= 4 is 40.9 Å². The summed E-state index contributed by atoms with van der Waals surface area (Å²) in [6.45, 7) is 4.33. The lowest BCUT2D eigenvalue weighted by atomic mass is 9.92. The van der Waals surface area contributed by atoms with E-state index in [1.807, 2.05) is 49.4 Å². The van der Waals surface area contributed by atoms with Crippen LogP contribution in [0.15, 0.2) is 72.3 Å². The maximum Gasteiger partial charge on any atom is 0.338 e. The minimum Gasteiger partial charge on any atom is -0.490 e. The summed E-state index contributed by atoms with van der Waals surface area (Å²) in [7, 11) is 0. The van der Waals surface area contributed by atoms with Crippen LogP contribution in [0.5, 0.6) is 11.5 Å². The molecular weight excluding hydrogens is 515 g/mol. The van der Waals surface area contributed by atoms with Gasteiger partial charge in [0.25, 0.3) is 0 Å². The Labute approximate surface area is 225 Å². The Kier molecular flexibility index (Phi) is 8.58. The van der Waals surface area contributed by atoms with E-state index >= 15 is 0 Å². The molecule has 2 amide bonds. The normalized spacial score (nSPS) is 15.0. The summed E-state index contributed by atoms with van der Waals surface area (Å²) < 4.78 is 17.2. The van der Waals surface area contributed by atoms with Crippen molar-refractivity contribution in [3.8, 4) is 11.5 Å². The fraction of sp³-hybridized carbons (Fsp3) is 0.214. The Hall–Kier alpha value is -3.68. The Balaban J connectivity index is 1.76. The van der Waals surface area contributed by atoms with E-state index in [9.17, 15) is 9.59 Å². The number of hydrogen-bond donors (Lipinski definition) is 2. The lowest BCUT2D eigenvalue weighted by Crippen LogP contribution is -2.45. The molecule has 37 heavy (non-hydrogen) atoms. The molecule has 0 radical (unpaired) electrons. The van der Waals surface area contributed by atoms with Crippen LogP contribution in [0, 0.1) is 0 Å². The standard InChI is InChI=1S/C28H26Cl2N2O5/c1-3-35-22-15-19(14-21(30)26(22)37-16-17-10-12-20(29)13-11-17)25-23(27(33)36-4-2)24(31-28(34)32-25)18-8-6-5-7-9-18/h5-15,25H,3-4,16H2,1-2H3,(H2,31,32,34)/t25-/m1/s1. The van der Waals surface area contributed by atoms with E-state index in [-0.39, 0.29) is 23.8 Å². The van der Waals surface area contributed by atoms with E-state index in [2.05, 4.69) is 10.6 Å². The largest absolute Gasteiger partial charge is 0.490 e. The molecule has 1 aliphatic rings. The predicted octanol–water partition coefficient (Wildman–Crippen LogP) is 6.30. The fourth-order valence-corrected chi connectivity index (χ4v) is 4.37. The van der Waals surface area contributed by atoms with Crippen molar-refractivity contribution in [2.75, 3.05) is 13.2 Å². The van der Waals surface area contributed by atoms with E-state index in [4.69, 9.17) is 37.4 Å². The first-order chi connectivity index (χ1) is 17.9. The second kappa shape index (κ2) is 12.0. The van der Waals surface area contributed by atoms with Crippen LogP contribution in [-0.4, -0.2) is 25.2 Å². The molecule has 0 saturated heterocycles. The first-order valence-electron chi connectivity index (χ1n) is 11.8. The van der Waals surface area contributed by atoms with Gasteiger partial charge in [-0.25, -0.2) is 9.59 Å². The average molecular weight is 541 g/mol. The molecule has 9 heteroatoms. The molecule has 0 spiro atoms. The van der Waals surface area contributed by atoms with Gasteiger partial charge in [0.1, 0.15) is 6.61 Å². The second-order valence-corrected chi connectivity index (χ2v) is 8.93. The SMILES string of the molecule is CCOC(=O)C1=C(c2ccccc2)NC(=O)N[C@@H]1c1cc(Cl)c(OCc2ccc(Cl)cc2)c(OCC)c1. The average Bonchev–Trinajstić information content (AvgIpc) is 2.89. The topological polar surface area (TPSA) is 85.9 Å². The van der Waals surface area contributed by atoms with E-state index in [0.717, 1.165) is 5.56 Å². The van der Waals surface area contributed by atoms with E-state index in [0.29, 0.717) is 40.0 Å². The summed E-state index contributed by atoms with van der Waals surface area (Å²) >= 11 is 12.6. The van der Waals surface area contributed by atoms with Crippen molar-refractivity contribution in [3.05, 3.63) is 99.0 Å². The van der Waals surface area contributed by atoms with Crippen LogP contribution in [0.3, 0.4) is 0 Å². The van der Waals surface area contributed by atoms with Crippen LogP contribution in [-0.2, 0) is 16.1 Å². The van der Waals surface area contributed by atoms with Crippen LogP contribution >= 0.6 is 23.2 Å². The first-order valence-corrected chi connectivity index (χ1v) is 12.5. The number of rotatable bonds is 9. The van der Waals surface area contributed by atoms with Gasteiger partial charge in [0.2, 0.25) is 0 Å². The Morgan fingerprint density at radius 2 is 1.68 bits per heavy atom. The van der Waals surface area contributed by atoms with Gasteiger partial charge in [-0.05, 0) is 54.8 Å². The number of hydrogen-bond acceptors (Lipinski definition) is 5. The highest BCUT2D eigenvalue weighted by molar-refractivity contribution is 6.32. The molecule has 7 nitrogen and oxygen atoms in total. The third-order valence-corrected chi connectivity index (χ3v) is 6.12. The van der Waals surface area contributed by atoms with Gasteiger partial charge in [-0.2, -0.15) is 0 Å². The van der Waals surface area contributed by atoms with Crippen LogP contribution in [0.1, 0.15) is 36.6 Å². The third-order valence-electron chi connectivity index (χ3n) is 5.59. The van der Waals surface area contributed by atoms with Gasteiger partial charge in [-0.1, -0.05) is 65.7 Å². The molecule has 4 rings (SSSR count). The molecular formula is C28H26Cl2N2O5. The molecule has 0 aliphatic carbocycles. The summed E-state index contributed by atoms with van der Waals surface area (Å²) in [5, 5.41) is 6.49. The maximum absolute atomic E-state index is 13.1. The third kappa shape index (κ3) is 6.18. The highest BCUT2D eigenvalue weighted by Crippen LogP contribution is 2.41. The Morgan fingerprint density at radius 1 is 0.946 bits per heavy atom. The van der Waals surface area contributed by atoms with Gasteiger partial charge in [-0.15, -0.1) is 0 Å². The number of amides is 2. The number of carbonyl (C=O) groups excluding carboxylic acids is 2. The second-order valence-electron chi connectivity index (χ2n) is 8.08. The molecule has 3 aromatic carbocycles. The lowest BCUT2D eigenvalue weighted by molar-refractivity contribution is -0.138. The van der Waals surface area contributed by atoms with Gasteiger partial charge in [-0.3, -0.25) is 0 Å². The number of nitrogens with one attached hydrogen (secondary N) is 2. The van der Waals surface area contributed by atoms with E-state index in [1.165, 1.54) is 0 Å². The first kappa shape index (κ1) is 26.4. The molecule has 1 heterocycles. The smallest absolute Gasteiger partial charge is 0.338 e. The minimum absolute atomic E-state index is 0.174. The molecule has 1 aliphatic heterocycles. The lowest BCUT2D eigenvalue weighted by Gasteiger charge is -2.30. The number of ether oxygens (including phenoxy) is 3. The molecule has 3 aromatic rings. The molecule has 192 valence electrons. The zero-order valence-electron chi connectivity index (χ0n) is 20.3. The van der Waals surface area contributed by atoms with Gasteiger partial charge >= 0.3 is 12.0 Å². The number of esters is 1. The molecule has 2 N–H and O–H groups in total. The van der Waals surface area contributed by atoms with E-state index in [1.54, 1.807) is 31.2 Å². The quantitative estimate of drug-likeness (QED) is 0.311. The zero-order chi connectivity index (χ0) is 26.4. The molecule has 0 aromatic heterocycles. The van der Waals surface area contributed by atoms with Crippen molar-refractivity contribution < 1.29 is 23.8 Å². The number of halogens is 2. The van der Waals surface area contributed by atoms with Crippen molar-refractivity contribution in [1.29, 1.82) is 0 Å². The minimum atomic E-state index is -0.843. The number of urea groups is 1. The molecule has 1 atom stereocenters. The molecule has 0 fully saturated rings. The van der Waals surface area contributed by atoms with Crippen LogP contribution < -0.4 is 20.1 Å². The van der Waals surface area contributed by atoms with Gasteiger partial charge in [0, 0.05) is 5.02 Å². The molecule has 0 saturated carbocycles. The van der Waals surface area contributed by atoms with Crippen molar-refractivity contribution in [2.24, 2.45) is 0 Å². The van der Waals surface area contributed by atoms with Gasteiger partial charge in [0.15, 0.2) is 11.5 Å². The van der Waals surface area contributed by atoms with Gasteiger partial charge in [0.05, 0.1) is 35.5 Å². The van der Waals surface area contributed by atoms with Crippen molar-refractivity contribution in [1.82, 2.24) is 10.6 Å². The fourth-order valence-electron chi connectivity index (χ4n) is 3.97. The van der Waals surface area contributed by atoms with Crippen LogP contribution in [0.4, 0.5) is 4.79 Å². The summed E-state index contributed by atoms with van der Waals surface area (Å²) in [5.41, 5.74) is 2.73. The maximum atomic E-state index is 13.1. The van der Waals surface area contributed by atoms with Crippen LogP contribution in [0.2, 0.25) is 10.0 Å². The molecule has 0 bridgehead atoms. The monoisotopic (exact) mass is 540 g/mol. The summed E-state index contributed by atoms with van der Waals surface area (Å²) in [6.07, 6.45) is 0. The Bertz CT molecular complexity index is 1310.